The molecule has 1 aromatic rings. The van der Waals surface area contributed by atoms with Crippen LogP contribution in [0, 0.1) is 0 Å². The van der Waals surface area contributed by atoms with E-state index in [0.29, 0.717) is 6.04 Å². The quantitative estimate of drug-likeness (QED) is 0.701. The van der Waals surface area contributed by atoms with E-state index < -0.39 is 0 Å². The molecule has 0 spiro atoms. The standard InChI is InChI=1S/C6H11N3S/c1-5(7-2)3-6-9-8-4-10-6/h4-5,7H,3H2,1-2H3. The van der Waals surface area contributed by atoms with Gasteiger partial charge in [-0.05, 0) is 14.0 Å². The summed E-state index contributed by atoms with van der Waals surface area (Å²) in [7, 11) is 1.95. The van der Waals surface area contributed by atoms with Crippen LogP contribution in [-0.2, 0) is 6.42 Å². The van der Waals surface area contributed by atoms with Crippen molar-refractivity contribution in [3.05, 3.63) is 10.5 Å². The first-order chi connectivity index (χ1) is 4.83. The Kier molecular flexibility index (Phi) is 2.77. The Bertz CT molecular complexity index is 173. The van der Waals surface area contributed by atoms with Gasteiger partial charge in [0, 0.05) is 12.5 Å². The highest BCUT2D eigenvalue weighted by Crippen LogP contribution is 2.03. The highest BCUT2D eigenvalue weighted by Gasteiger charge is 2.01. The molecule has 4 heteroatoms. The lowest BCUT2D eigenvalue weighted by molar-refractivity contribution is 0.604. The monoisotopic (exact) mass is 157 g/mol. The third-order valence-corrected chi connectivity index (χ3v) is 2.10. The van der Waals surface area contributed by atoms with Crippen LogP contribution >= 0.6 is 11.3 Å². The number of aromatic nitrogens is 2. The van der Waals surface area contributed by atoms with Crippen molar-refractivity contribution in [1.29, 1.82) is 0 Å². The van der Waals surface area contributed by atoms with Gasteiger partial charge in [0.1, 0.15) is 10.5 Å². The summed E-state index contributed by atoms with van der Waals surface area (Å²) in [6, 6.07) is 0.493. The van der Waals surface area contributed by atoms with Crippen LogP contribution in [0.3, 0.4) is 0 Å². The summed E-state index contributed by atoms with van der Waals surface area (Å²) in [5.41, 5.74) is 1.76. The minimum atomic E-state index is 0.493. The molecule has 1 heterocycles. The van der Waals surface area contributed by atoms with Gasteiger partial charge in [-0.3, -0.25) is 0 Å². The zero-order valence-electron chi connectivity index (χ0n) is 6.16. The Morgan fingerprint density at radius 1 is 1.80 bits per heavy atom. The van der Waals surface area contributed by atoms with Gasteiger partial charge in [-0.25, -0.2) is 0 Å². The van der Waals surface area contributed by atoms with Gasteiger partial charge in [0.2, 0.25) is 0 Å². The van der Waals surface area contributed by atoms with Crippen molar-refractivity contribution in [3.63, 3.8) is 0 Å². The Morgan fingerprint density at radius 2 is 2.60 bits per heavy atom. The van der Waals surface area contributed by atoms with Crippen molar-refractivity contribution in [2.45, 2.75) is 19.4 Å². The average molecular weight is 157 g/mol. The number of likely N-dealkylation sites (N-methyl/N-ethyl adjacent to an activating group) is 1. The third kappa shape index (κ3) is 2.04. The molecule has 0 saturated carbocycles. The fraction of sp³-hybridized carbons (Fsp3) is 0.667. The van der Waals surface area contributed by atoms with Gasteiger partial charge in [-0.15, -0.1) is 21.5 Å². The van der Waals surface area contributed by atoms with Gasteiger partial charge in [-0.2, -0.15) is 0 Å². The highest BCUT2D eigenvalue weighted by atomic mass is 32.1. The second kappa shape index (κ2) is 3.63. The van der Waals surface area contributed by atoms with Crippen LogP contribution in [0.1, 0.15) is 11.9 Å². The predicted molar refractivity (Wildman–Crippen MR) is 42.1 cm³/mol. The largest absolute Gasteiger partial charge is 0.317 e. The molecule has 0 amide bonds. The van der Waals surface area contributed by atoms with Gasteiger partial charge in [-0.1, -0.05) is 0 Å². The molecular weight excluding hydrogens is 146 g/mol. The van der Waals surface area contributed by atoms with Crippen molar-refractivity contribution in [2.75, 3.05) is 7.05 Å². The SMILES string of the molecule is CNC(C)Cc1nncs1. The van der Waals surface area contributed by atoms with Gasteiger partial charge < -0.3 is 5.32 Å². The summed E-state index contributed by atoms with van der Waals surface area (Å²) in [4.78, 5) is 0. The summed E-state index contributed by atoms with van der Waals surface area (Å²) in [5, 5.41) is 11.9. The molecule has 0 radical (unpaired) electrons. The van der Waals surface area contributed by atoms with E-state index in [1.807, 2.05) is 7.05 Å². The van der Waals surface area contributed by atoms with Gasteiger partial charge in [0.05, 0.1) is 0 Å². The van der Waals surface area contributed by atoms with Gasteiger partial charge in [0.15, 0.2) is 0 Å². The maximum atomic E-state index is 3.93. The fourth-order valence-corrected chi connectivity index (χ4v) is 1.31. The first-order valence-electron chi connectivity index (χ1n) is 3.25. The van der Waals surface area contributed by atoms with Crippen molar-refractivity contribution in [3.8, 4) is 0 Å². The lowest BCUT2D eigenvalue weighted by Gasteiger charge is -2.05. The van der Waals surface area contributed by atoms with E-state index in [1.54, 1.807) is 16.8 Å². The number of nitrogens with zero attached hydrogens (tertiary/aromatic N) is 2. The van der Waals surface area contributed by atoms with E-state index >= 15 is 0 Å². The normalized spacial score (nSPS) is 13.4. The van der Waals surface area contributed by atoms with E-state index in [9.17, 15) is 0 Å². The Morgan fingerprint density at radius 3 is 3.10 bits per heavy atom. The van der Waals surface area contributed by atoms with Crippen LogP contribution < -0.4 is 5.32 Å². The molecule has 1 aromatic heterocycles. The van der Waals surface area contributed by atoms with Crippen LogP contribution in [-0.4, -0.2) is 23.3 Å². The molecule has 0 aliphatic rings. The van der Waals surface area contributed by atoms with E-state index in [1.165, 1.54) is 0 Å². The summed E-state index contributed by atoms with van der Waals surface area (Å²) in [6.07, 6.45) is 0.973. The minimum absolute atomic E-state index is 0.493. The fourth-order valence-electron chi connectivity index (χ4n) is 0.649. The number of nitrogens with one attached hydrogen (secondary N) is 1. The second-order valence-electron chi connectivity index (χ2n) is 2.23. The molecule has 1 N–H and O–H groups in total. The molecule has 1 rings (SSSR count). The Balaban J connectivity index is 2.40. The molecule has 10 heavy (non-hydrogen) atoms. The van der Waals surface area contributed by atoms with Crippen molar-refractivity contribution >= 4 is 11.3 Å². The van der Waals surface area contributed by atoms with Crippen LogP contribution in [0.5, 0.6) is 0 Å². The molecule has 0 saturated heterocycles. The first-order valence-corrected chi connectivity index (χ1v) is 4.13. The van der Waals surface area contributed by atoms with Crippen LogP contribution in [0.25, 0.3) is 0 Å². The maximum Gasteiger partial charge on any atom is 0.118 e. The summed E-state index contributed by atoms with van der Waals surface area (Å²) >= 11 is 1.60. The van der Waals surface area contributed by atoms with Crippen molar-refractivity contribution in [2.24, 2.45) is 0 Å². The molecule has 0 aliphatic heterocycles. The Hall–Kier alpha value is -0.480. The van der Waals surface area contributed by atoms with E-state index in [0.717, 1.165) is 11.4 Å². The first kappa shape index (κ1) is 7.63. The predicted octanol–water partition coefficient (Wildman–Crippen LogP) is 0.688. The minimum Gasteiger partial charge on any atom is -0.317 e. The number of hydrogen-bond acceptors (Lipinski definition) is 4. The maximum absolute atomic E-state index is 3.93. The highest BCUT2D eigenvalue weighted by molar-refractivity contribution is 7.09. The topological polar surface area (TPSA) is 37.8 Å². The third-order valence-electron chi connectivity index (χ3n) is 1.38. The molecular formula is C6H11N3S. The number of rotatable bonds is 3. The summed E-state index contributed by atoms with van der Waals surface area (Å²) < 4.78 is 0. The zero-order chi connectivity index (χ0) is 7.40. The summed E-state index contributed by atoms with van der Waals surface area (Å²) in [6.45, 7) is 2.13. The van der Waals surface area contributed by atoms with E-state index in [-0.39, 0.29) is 0 Å². The molecule has 1 unspecified atom stereocenters. The second-order valence-corrected chi connectivity index (χ2v) is 3.14. The molecule has 1 atom stereocenters. The lowest BCUT2D eigenvalue weighted by atomic mass is 10.2. The molecule has 0 fully saturated rings. The molecule has 0 aliphatic carbocycles. The van der Waals surface area contributed by atoms with Crippen molar-refractivity contribution < 1.29 is 0 Å². The van der Waals surface area contributed by atoms with Crippen LogP contribution in [0.2, 0.25) is 0 Å². The molecule has 3 nitrogen and oxygen atoms in total. The van der Waals surface area contributed by atoms with E-state index in [2.05, 4.69) is 22.4 Å². The summed E-state index contributed by atoms with van der Waals surface area (Å²) in [5.74, 6) is 0. The lowest BCUT2D eigenvalue weighted by Crippen LogP contribution is -2.23. The molecule has 56 valence electrons. The van der Waals surface area contributed by atoms with Gasteiger partial charge in [0.25, 0.3) is 0 Å². The van der Waals surface area contributed by atoms with Crippen molar-refractivity contribution in [1.82, 2.24) is 15.5 Å². The van der Waals surface area contributed by atoms with Crippen LogP contribution in [0.4, 0.5) is 0 Å². The average Bonchev–Trinajstić information content (AvgIpc) is 2.40. The molecule has 0 bridgehead atoms. The van der Waals surface area contributed by atoms with Gasteiger partial charge >= 0.3 is 0 Å². The smallest absolute Gasteiger partial charge is 0.118 e. The van der Waals surface area contributed by atoms with Crippen LogP contribution in [0.15, 0.2) is 5.51 Å². The number of hydrogen-bond donors (Lipinski definition) is 1. The molecule has 0 aromatic carbocycles. The van der Waals surface area contributed by atoms with E-state index in [4.69, 9.17) is 0 Å². The zero-order valence-corrected chi connectivity index (χ0v) is 6.98. The Labute approximate surface area is 64.5 Å².